The molecule has 176 valence electrons. The predicted octanol–water partition coefficient (Wildman–Crippen LogP) is 5.27. The average molecular weight is 459 g/mol. The van der Waals surface area contributed by atoms with Crippen molar-refractivity contribution in [1.29, 1.82) is 0 Å². The zero-order valence-corrected chi connectivity index (χ0v) is 18.9. The van der Waals surface area contributed by atoms with Crippen molar-refractivity contribution in [2.45, 2.75) is 57.8 Å². The standard InChI is InChI=1S/C24H29F3N6/c1-17(2)32-12-10-20(11-13-32)33-16-19(14-29-33)30-23-28-15-21(24(25,26)27)22(31-23)9-8-18-6-4-3-5-7-18/h3-7,14-17,20H,8-13H2,1-2H3,(H,28,30,31). The zero-order chi connectivity index (χ0) is 23.4. The van der Waals surface area contributed by atoms with Crippen LogP contribution in [0, 0.1) is 0 Å². The van der Waals surface area contributed by atoms with E-state index >= 15 is 0 Å². The number of anilines is 2. The first-order chi connectivity index (χ1) is 15.8. The third kappa shape index (κ3) is 5.90. The lowest BCUT2D eigenvalue weighted by Gasteiger charge is -2.34. The summed E-state index contributed by atoms with van der Waals surface area (Å²) in [6.07, 6.45) is 2.57. The molecule has 0 saturated carbocycles. The topological polar surface area (TPSA) is 58.9 Å². The highest BCUT2D eigenvalue weighted by atomic mass is 19.4. The van der Waals surface area contributed by atoms with Crippen LogP contribution in [0.25, 0.3) is 0 Å². The van der Waals surface area contributed by atoms with Gasteiger partial charge in [0.15, 0.2) is 0 Å². The number of alkyl halides is 3. The lowest BCUT2D eigenvalue weighted by atomic mass is 10.0. The minimum Gasteiger partial charge on any atom is -0.321 e. The van der Waals surface area contributed by atoms with Crippen LogP contribution in [-0.2, 0) is 19.0 Å². The molecule has 3 heterocycles. The van der Waals surface area contributed by atoms with Crippen molar-refractivity contribution in [3.05, 3.63) is 65.7 Å². The first-order valence-corrected chi connectivity index (χ1v) is 11.3. The van der Waals surface area contributed by atoms with E-state index in [-0.39, 0.29) is 18.1 Å². The van der Waals surface area contributed by atoms with Crippen LogP contribution in [0.2, 0.25) is 0 Å². The molecule has 0 atom stereocenters. The largest absolute Gasteiger partial charge is 0.419 e. The molecule has 1 fully saturated rings. The Hall–Kier alpha value is -2.94. The van der Waals surface area contributed by atoms with Crippen molar-refractivity contribution in [1.82, 2.24) is 24.6 Å². The number of hydrogen-bond acceptors (Lipinski definition) is 5. The Labute approximate surface area is 191 Å². The molecule has 6 nitrogen and oxygen atoms in total. The van der Waals surface area contributed by atoms with Crippen molar-refractivity contribution < 1.29 is 13.2 Å². The number of nitrogens with zero attached hydrogens (tertiary/aromatic N) is 5. The van der Waals surface area contributed by atoms with E-state index in [9.17, 15) is 13.2 Å². The van der Waals surface area contributed by atoms with Gasteiger partial charge in [0.1, 0.15) is 0 Å². The van der Waals surface area contributed by atoms with Crippen molar-refractivity contribution >= 4 is 11.6 Å². The van der Waals surface area contributed by atoms with E-state index < -0.39 is 11.7 Å². The maximum Gasteiger partial charge on any atom is 0.419 e. The van der Waals surface area contributed by atoms with Gasteiger partial charge in [-0.25, -0.2) is 9.97 Å². The summed E-state index contributed by atoms with van der Waals surface area (Å²) in [5.41, 5.74) is 0.812. The second-order valence-corrected chi connectivity index (χ2v) is 8.73. The molecule has 3 aromatic rings. The van der Waals surface area contributed by atoms with Gasteiger partial charge in [-0.3, -0.25) is 4.68 Å². The molecule has 4 rings (SSSR count). The fourth-order valence-electron chi connectivity index (χ4n) is 4.21. The molecule has 1 aromatic carbocycles. The average Bonchev–Trinajstić information content (AvgIpc) is 3.26. The van der Waals surface area contributed by atoms with Crippen molar-refractivity contribution in [2.75, 3.05) is 18.4 Å². The number of benzene rings is 1. The molecule has 0 unspecified atom stereocenters. The second-order valence-electron chi connectivity index (χ2n) is 8.73. The van der Waals surface area contributed by atoms with Gasteiger partial charge >= 0.3 is 6.18 Å². The molecule has 33 heavy (non-hydrogen) atoms. The molecule has 0 spiro atoms. The normalized spacial score (nSPS) is 15.8. The highest BCUT2D eigenvalue weighted by Crippen LogP contribution is 2.32. The summed E-state index contributed by atoms with van der Waals surface area (Å²) < 4.78 is 42.4. The number of hydrogen-bond donors (Lipinski definition) is 1. The van der Waals surface area contributed by atoms with Crippen LogP contribution in [0.4, 0.5) is 24.8 Å². The molecule has 0 aliphatic carbocycles. The molecule has 1 saturated heterocycles. The van der Waals surface area contributed by atoms with E-state index in [1.807, 2.05) is 41.2 Å². The van der Waals surface area contributed by atoms with Crippen molar-refractivity contribution in [3.63, 3.8) is 0 Å². The van der Waals surface area contributed by atoms with Gasteiger partial charge in [0.05, 0.1) is 29.2 Å². The number of aromatic nitrogens is 4. The molecule has 1 aliphatic heterocycles. The van der Waals surface area contributed by atoms with Gasteiger partial charge in [0.25, 0.3) is 0 Å². The van der Waals surface area contributed by atoms with Crippen LogP contribution in [0.3, 0.4) is 0 Å². The number of rotatable bonds is 7. The summed E-state index contributed by atoms with van der Waals surface area (Å²) in [6, 6.07) is 10.3. The number of nitrogens with one attached hydrogen (secondary N) is 1. The minimum atomic E-state index is -4.50. The Bertz CT molecular complexity index is 1040. The maximum atomic E-state index is 13.5. The molecular formula is C24H29F3N6. The summed E-state index contributed by atoms with van der Waals surface area (Å²) >= 11 is 0. The fourth-order valence-corrected chi connectivity index (χ4v) is 4.21. The summed E-state index contributed by atoms with van der Waals surface area (Å²) in [5, 5.41) is 7.49. The third-order valence-corrected chi connectivity index (χ3v) is 6.13. The Kier molecular flexibility index (Phi) is 6.97. The Morgan fingerprint density at radius 3 is 2.45 bits per heavy atom. The van der Waals surface area contributed by atoms with E-state index in [4.69, 9.17) is 0 Å². The van der Waals surface area contributed by atoms with Gasteiger partial charge in [-0.15, -0.1) is 0 Å². The number of likely N-dealkylation sites (tertiary alicyclic amines) is 1. The maximum absolute atomic E-state index is 13.5. The monoisotopic (exact) mass is 458 g/mol. The van der Waals surface area contributed by atoms with E-state index in [0.29, 0.717) is 24.2 Å². The van der Waals surface area contributed by atoms with Crippen molar-refractivity contribution in [3.8, 4) is 0 Å². The van der Waals surface area contributed by atoms with Gasteiger partial charge < -0.3 is 10.2 Å². The van der Waals surface area contributed by atoms with Crippen LogP contribution in [0.15, 0.2) is 48.9 Å². The van der Waals surface area contributed by atoms with Gasteiger partial charge in [-0.1, -0.05) is 30.3 Å². The lowest BCUT2D eigenvalue weighted by molar-refractivity contribution is -0.138. The highest BCUT2D eigenvalue weighted by molar-refractivity contribution is 5.51. The zero-order valence-electron chi connectivity index (χ0n) is 18.9. The highest BCUT2D eigenvalue weighted by Gasteiger charge is 2.34. The van der Waals surface area contributed by atoms with Crippen LogP contribution in [0.5, 0.6) is 0 Å². The quantitative estimate of drug-likeness (QED) is 0.523. The summed E-state index contributed by atoms with van der Waals surface area (Å²) in [6.45, 7) is 6.46. The van der Waals surface area contributed by atoms with Crippen LogP contribution < -0.4 is 5.32 Å². The summed E-state index contributed by atoms with van der Waals surface area (Å²) in [7, 11) is 0. The van der Waals surface area contributed by atoms with Crippen LogP contribution in [-0.4, -0.2) is 43.8 Å². The Balaban J connectivity index is 1.46. The Morgan fingerprint density at radius 2 is 1.79 bits per heavy atom. The molecule has 1 N–H and O–H groups in total. The smallest absolute Gasteiger partial charge is 0.321 e. The van der Waals surface area contributed by atoms with Gasteiger partial charge in [0, 0.05) is 31.5 Å². The van der Waals surface area contributed by atoms with Crippen molar-refractivity contribution in [2.24, 2.45) is 0 Å². The van der Waals surface area contributed by atoms with E-state index in [2.05, 4.69) is 39.1 Å². The molecule has 2 aromatic heterocycles. The molecule has 0 radical (unpaired) electrons. The first kappa shape index (κ1) is 23.2. The van der Waals surface area contributed by atoms with E-state index in [0.717, 1.165) is 37.7 Å². The minimum absolute atomic E-state index is 0.0164. The first-order valence-electron chi connectivity index (χ1n) is 11.3. The number of halogens is 3. The van der Waals surface area contributed by atoms with E-state index in [1.54, 1.807) is 6.20 Å². The van der Waals surface area contributed by atoms with E-state index in [1.165, 1.54) is 0 Å². The molecule has 0 bridgehead atoms. The van der Waals surface area contributed by atoms with Crippen LogP contribution >= 0.6 is 0 Å². The molecule has 0 amide bonds. The second kappa shape index (κ2) is 9.91. The third-order valence-electron chi connectivity index (χ3n) is 6.13. The summed E-state index contributed by atoms with van der Waals surface area (Å²) in [5.74, 6) is 0.139. The van der Waals surface area contributed by atoms with Crippen LogP contribution in [0.1, 0.15) is 49.6 Å². The van der Waals surface area contributed by atoms with Gasteiger partial charge in [0.2, 0.25) is 5.95 Å². The molecule has 9 heteroatoms. The fraction of sp³-hybridized carbons (Fsp3) is 0.458. The predicted molar refractivity (Wildman–Crippen MR) is 121 cm³/mol. The number of piperidine rings is 1. The molecular weight excluding hydrogens is 429 g/mol. The SMILES string of the molecule is CC(C)N1CCC(n2cc(Nc3ncc(C(F)(F)F)c(CCc4ccccc4)n3)cn2)CC1. The lowest BCUT2D eigenvalue weighted by Crippen LogP contribution is -2.39. The van der Waals surface area contributed by atoms with Gasteiger partial charge in [-0.05, 0) is 45.1 Å². The molecule has 1 aliphatic rings. The van der Waals surface area contributed by atoms with Gasteiger partial charge in [-0.2, -0.15) is 18.3 Å². The summed E-state index contributed by atoms with van der Waals surface area (Å²) in [4.78, 5) is 10.6. The Morgan fingerprint density at radius 1 is 1.06 bits per heavy atom. The number of aryl methyl sites for hydroxylation is 2.